The zero-order valence-corrected chi connectivity index (χ0v) is 15.3. The number of allylic oxidation sites excluding steroid dienone is 1. The molecule has 5 heteroatoms. The van der Waals surface area contributed by atoms with E-state index in [4.69, 9.17) is 5.10 Å². The Morgan fingerprint density at radius 2 is 1.88 bits per heavy atom. The molecule has 0 N–H and O–H groups in total. The van der Waals surface area contributed by atoms with E-state index in [9.17, 15) is 4.79 Å². The number of nitrogens with zero attached hydrogens (tertiary/aromatic N) is 4. The fourth-order valence-corrected chi connectivity index (χ4v) is 3.38. The summed E-state index contributed by atoms with van der Waals surface area (Å²) >= 11 is 0. The highest BCUT2D eigenvalue weighted by atomic mass is 16.2. The molecule has 1 aromatic carbocycles. The third-order valence-electron chi connectivity index (χ3n) is 4.93. The van der Waals surface area contributed by atoms with Gasteiger partial charge in [-0.05, 0) is 62.2 Å². The van der Waals surface area contributed by atoms with E-state index in [1.807, 2.05) is 41.0 Å². The average Bonchev–Trinajstić information content (AvgIpc) is 3.32. The number of hydrogen-bond acceptors (Lipinski definition) is 2. The molecule has 0 bridgehead atoms. The number of aromatic nitrogens is 3. The molecule has 1 amide bonds. The van der Waals surface area contributed by atoms with E-state index in [1.54, 1.807) is 12.2 Å². The fourth-order valence-electron chi connectivity index (χ4n) is 3.38. The number of carbonyl (C=O) groups excluding carboxylic acids is 1. The summed E-state index contributed by atoms with van der Waals surface area (Å²) in [6, 6.07) is 10.4. The lowest BCUT2D eigenvalue weighted by molar-refractivity contribution is -0.126. The number of amides is 1. The fraction of sp³-hybridized carbons (Fsp3) is 0.238. The van der Waals surface area contributed by atoms with Crippen LogP contribution in [0.25, 0.3) is 11.5 Å². The van der Waals surface area contributed by atoms with Gasteiger partial charge in [-0.1, -0.05) is 12.1 Å². The van der Waals surface area contributed by atoms with E-state index < -0.39 is 0 Å². The molecule has 5 nitrogen and oxygen atoms in total. The number of fused-ring (bicyclic) bond motifs is 1. The van der Waals surface area contributed by atoms with Crippen LogP contribution in [-0.4, -0.2) is 25.2 Å². The first-order valence-electron chi connectivity index (χ1n) is 8.82. The number of aryl methyl sites for hydroxylation is 2. The molecule has 0 spiro atoms. The molecule has 1 aliphatic heterocycles. The van der Waals surface area contributed by atoms with Crippen LogP contribution in [0.1, 0.15) is 29.3 Å². The largest absolute Gasteiger partial charge is 0.329 e. The molecule has 0 aliphatic carbocycles. The summed E-state index contributed by atoms with van der Waals surface area (Å²) in [7, 11) is 0. The van der Waals surface area contributed by atoms with Crippen molar-refractivity contribution in [3.8, 4) is 11.5 Å². The first-order valence-corrected chi connectivity index (χ1v) is 8.82. The number of rotatable bonds is 3. The maximum absolute atomic E-state index is 12.2. The molecule has 132 valence electrons. The van der Waals surface area contributed by atoms with Gasteiger partial charge in [-0.25, -0.2) is 4.68 Å². The van der Waals surface area contributed by atoms with Gasteiger partial charge >= 0.3 is 0 Å². The molecule has 2 aromatic heterocycles. The molecule has 3 heterocycles. The van der Waals surface area contributed by atoms with Crippen molar-refractivity contribution in [3.63, 3.8) is 0 Å². The maximum Gasteiger partial charge on any atom is 0.246 e. The average molecular weight is 346 g/mol. The lowest BCUT2D eigenvalue weighted by atomic mass is 10.1. The molecule has 4 rings (SSSR count). The Balaban J connectivity index is 1.82. The van der Waals surface area contributed by atoms with Crippen molar-refractivity contribution in [2.45, 2.75) is 33.9 Å². The van der Waals surface area contributed by atoms with Gasteiger partial charge in [0.1, 0.15) is 5.82 Å². The first kappa shape index (κ1) is 16.4. The molecule has 0 unspecified atom stereocenters. The van der Waals surface area contributed by atoms with Crippen LogP contribution in [0.15, 0.2) is 54.9 Å². The Hall–Kier alpha value is -3.08. The predicted octanol–water partition coefficient (Wildman–Crippen LogP) is 3.70. The van der Waals surface area contributed by atoms with Gasteiger partial charge in [0.15, 0.2) is 0 Å². The number of hydrogen-bond donors (Lipinski definition) is 0. The summed E-state index contributed by atoms with van der Waals surface area (Å²) in [4.78, 5) is 14.1. The van der Waals surface area contributed by atoms with Crippen molar-refractivity contribution < 1.29 is 4.79 Å². The van der Waals surface area contributed by atoms with E-state index in [0.29, 0.717) is 13.1 Å². The molecular weight excluding hydrogens is 324 g/mol. The van der Waals surface area contributed by atoms with Gasteiger partial charge in [0, 0.05) is 18.0 Å². The van der Waals surface area contributed by atoms with Crippen molar-refractivity contribution >= 4 is 5.91 Å². The second-order valence-electron chi connectivity index (χ2n) is 6.71. The second kappa shape index (κ2) is 6.33. The Morgan fingerprint density at radius 3 is 2.58 bits per heavy atom. The van der Waals surface area contributed by atoms with E-state index in [-0.39, 0.29) is 5.91 Å². The summed E-state index contributed by atoms with van der Waals surface area (Å²) < 4.78 is 4.07. The van der Waals surface area contributed by atoms with E-state index in [2.05, 4.69) is 36.6 Å². The quantitative estimate of drug-likeness (QED) is 0.679. The Bertz CT molecular complexity index is 995. The normalized spacial score (nSPS) is 13.6. The van der Waals surface area contributed by atoms with E-state index >= 15 is 0 Å². The molecular formula is C21H22N4O. The highest BCUT2D eigenvalue weighted by molar-refractivity contribution is 5.88. The van der Waals surface area contributed by atoms with Crippen LogP contribution in [0.2, 0.25) is 0 Å². The summed E-state index contributed by atoms with van der Waals surface area (Å²) in [5.74, 6) is 1.03. The van der Waals surface area contributed by atoms with Gasteiger partial charge in [0.25, 0.3) is 0 Å². The first-order chi connectivity index (χ1) is 12.6. The topological polar surface area (TPSA) is 43.1 Å². The van der Waals surface area contributed by atoms with Crippen molar-refractivity contribution in [1.29, 1.82) is 0 Å². The molecule has 0 saturated carbocycles. The van der Waals surface area contributed by atoms with Crippen LogP contribution in [-0.2, 0) is 17.9 Å². The van der Waals surface area contributed by atoms with Crippen molar-refractivity contribution in [2.24, 2.45) is 0 Å². The third-order valence-corrected chi connectivity index (χ3v) is 4.93. The molecule has 0 saturated heterocycles. The monoisotopic (exact) mass is 346 g/mol. The third kappa shape index (κ3) is 2.65. The Kier molecular flexibility index (Phi) is 3.99. The van der Waals surface area contributed by atoms with Gasteiger partial charge in [-0.2, -0.15) is 5.10 Å². The zero-order valence-electron chi connectivity index (χ0n) is 15.3. The van der Waals surface area contributed by atoms with E-state index in [1.165, 1.54) is 11.1 Å². The molecule has 0 atom stereocenters. The van der Waals surface area contributed by atoms with Crippen molar-refractivity contribution in [1.82, 2.24) is 19.2 Å². The Morgan fingerprint density at radius 1 is 1.12 bits per heavy atom. The van der Waals surface area contributed by atoms with E-state index in [0.717, 1.165) is 22.8 Å². The van der Waals surface area contributed by atoms with Crippen molar-refractivity contribution in [3.05, 3.63) is 77.3 Å². The zero-order chi connectivity index (χ0) is 18.3. The SMILES string of the molecule is CC=CC(=O)N1Cc2nn(-c3ccc(C)c(C)c3)c(-n3cccc3)c2C1. The van der Waals surface area contributed by atoms with Gasteiger partial charge in [0.2, 0.25) is 5.91 Å². The van der Waals surface area contributed by atoms with Crippen LogP contribution in [0, 0.1) is 13.8 Å². The van der Waals surface area contributed by atoms with Gasteiger partial charge in [-0.3, -0.25) is 4.79 Å². The maximum atomic E-state index is 12.2. The van der Waals surface area contributed by atoms with Crippen LogP contribution >= 0.6 is 0 Å². The van der Waals surface area contributed by atoms with Crippen LogP contribution in [0.4, 0.5) is 0 Å². The second-order valence-corrected chi connectivity index (χ2v) is 6.71. The van der Waals surface area contributed by atoms with Gasteiger partial charge in [-0.15, -0.1) is 0 Å². The van der Waals surface area contributed by atoms with Crippen LogP contribution < -0.4 is 0 Å². The minimum Gasteiger partial charge on any atom is -0.329 e. The molecule has 1 aliphatic rings. The lowest BCUT2D eigenvalue weighted by Gasteiger charge is -2.16. The Labute approximate surface area is 153 Å². The molecule has 26 heavy (non-hydrogen) atoms. The van der Waals surface area contributed by atoms with Gasteiger partial charge < -0.3 is 9.47 Å². The lowest BCUT2D eigenvalue weighted by Crippen LogP contribution is -2.24. The predicted molar refractivity (Wildman–Crippen MR) is 101 cm³/mol. The summed E-state index contributed by atoms with van der Waals surface area (Å²) in [5, 5.41) is 4.86. The smallest absolute Gasteiger partial charge is 0.246 e. The molecule has 0 fully saturated rings. The standard InChI is InChI=1S/C21H22N4O/c1-4-7-20(26)24-13-18-19(14-24)22-25(21(18)23-10-5-6-11-23)17-9-8-15(2)16(3)12-17/h4-12H,13-14H2,1-3H3. The minimum absolute atomic E-state index is 0.0293. The highest BCUT2D eigenvalue weighted by Crippen LogP contribution is 2.31. The minimum atomic E-state index is 0.0293. The highest BCUT2D eigenvalue weighted by Gasteiger charge is 2.30. The molecule has 3 aromatic rings. The number of carbonyl (C=O) groups is 1. The summed E-state index contributed by atoms with van der Waals surface area (Å²) in [5.41, 5.74) is 5.61. The summed E-state index contributed by atoms with van der Waals surface area (Å²) in [6.07, 6.45) is 7.43. The van der Waals surface area contributed by atoms with Gasteiger partial charge in [0.05, 0.1) is 24.5 Å². The van der Waals surface area contributed by atoms with Crippen molar-refractivity contribution in [2.75, 3.05) is 0 Å². The van der Waals surface area contributed by atoms with Crippen LogP contribution in [0.3, 0.4) is 0 Å². The summed E-state index contributed by atoms with van der Waals surface area (Å²) in [6.45, 7) is 7.21. The van der Waals surface area contributed by atoms with Crippen LogP contribution in [0.5, 0.6) is 0 Å². The number of benzene rings is 1. The molecule has 0 radical (unpaired) electrons.